The van der Waals surface area contributed by atoms with Gasteiger partial charge in [-0.2, -0.15) is 0 Å². The van der Waals surface area contributed by atoms with Crippen LogP contribution in [-0.4, -0.2) is 48.4 Å². The maximum absolute atomic E-state index is 12.1. The summed E-state index contributed by atoms with van der Waals surface area (Å²) in [4.78, 5) is 22.4. The van der Waals surface area contributed by atoms with Crippen LogP contribution in [0.3, 0.4) is 0 Å². The van der Waals surface area contributed by atoms with Crippen LogP contribution in [-0.2, 0) is 0 Å². The highest BCUT2D eigenvalue weighted by Gasteiger charge is 2.18. The Kier molecular flexibility index (Phi) is 5.27. The number of carbonyl (C=O) groups is 1. The Morgan fingerprint density at radius 3 is 2.62 bits per heavy atom. The number of aromatic nitrogens is 1. The van der Waals surface area contributed by atoms with Gasteiger partial charge in [0.1, 0.15) is 5.82 Å². The number of nitrogens with zero attached hydrogens (tertiary/aromatic N) is 3. The molecule has 0 aliphatic carbocycles. The first kappa shape index (κ1) is 17.2. The zero-order valence-corrected chi connectivity index (χ0v) is 15.6. The van der Waals surface area contributed by atoms with Gasteiger partial charge in [0.2, 0.25) is 0 Å². The Balaban J connectivity index is 1.26. The number of carbonyl (C=O) groups excluding carboxylic acids is 1. The Morgan fingerprint density at radius 1 is 1.04 bits per heavy atom. The van der Waals surface area contributed by atoms with E-state index in [-0.39, 0.29) is 5.78 Å². The van der Waals surface area contributed by atoms with Crippen molar-refractivity contribution in [1.82, 2.24) is 9.88 Å². The molecular formula is C21H23N3OS. The van der Waals surface area contributed by atoms with Crippen LogP contribution < -0.4 is 4.90 Å². The van der Waals surface area contributed by atoms with Crippen molar-refractivity contribution in [2.24, 2.45) is 0 Å². The van der Waals surface area contributed by atoms with E-state index >= 15 is 0 Å². The summed E-state index contributed by atoms with van der Waals surface area (Å²) in [5.41, 5.74) is 0. The number of hydrogen-bond donors (Lipinski definition) is 0. The fourth-order valence-electron chi connectivity index (χ4n) is 3.47. The van der Waals surface area contributed by atoms with Crippen molar-refractivity contribution in [2.45, 2.75) is 12.8 Å². The molecule has 0 radical (unpaired) electrons. The molecule has 5 heteroatoms. The predicted octanol–water partition coefficient (Wildman–Crippen LogP) is 4.08. The average molecular weight is 366 g/mol. The molecule has 4 rings (SSSR count). The summed E-state index contributed by atoms with van der Waals surface area (Å²) in [5.74, 6) is 1.34. The van der Waals surface area contributed by atoms with Crippen molar-refractivity contribution < 1.29 is 4.79 Å². The molecule has 1 aromatic carbocycles. The van der Waals surface area contributed by atoms with Crippen LogP contribution in [0.25, 0.3) is 10.8 Å². The summed E-state index contributed by atoms with van der Waals surface area (Å²) in [5, 5.41) is 4.39. The van der Waals surface area contributed by atoms with Crippen LogP contribution in [0, 0.1) is 0 Å². The van der Waals surface area contributed by atoms with Crippen molar-refractivity contribution in [3.05, 3.63) is 58.9 Å². The molecule has 0 saturated carbocycles. The van der Waals surface area contributed by atoms with Crippen molar-refractivity contribution in [2.75, 3.05) is 37.6 Å². The van der Waals surface area contributed by atoms with E-state index in [1.54, 1.807) is 0 Å². The standard InChI is InChI=1S/C21H23N3OS/c25-19(20-8-4-14-26-20)7-3-9-23-10-12-24(13-11-23)21-15-17-5-1-2-6-18(17)16-22-21/h1-2,4-6,8,14-16H,3,7,9-13H2. The lowest BCUT2D eigenvalue weighted by Crippen LogP contribution is -2.47. The summed E-state index contributed by atoms with van der Waals surface area (Å²) in [6, 6.07) is 14.4. The van der Waals surface area contributed by atoms with Gasteiger partial charge in [0.25, 0.3) is 0 Å². The van der Waals surface area contributed by atoms with Crippen LogP contribution in [0.4, 0.5) is 5.82 Å². The van der Waals surface area contributed by atoms with Crippen molar-refractivity contribution >= 4 is 33.7 Å². The molecule has 26 heavy (non-hydrogen) atoms. The van der Waals surface area contributed by atoms with E-state index < -0.39 is 0 Å². The van der Waals surface area contributed by atoms with Crippen LogP contribution >= 0.6 is 11.3 Å². The normalized spacial score (nSPS) is 15.5. The first-order chi connectivity index (χ1) is 12.8. The second kappa shape index (κ2) is 7.98. The molecule has 0 amide bonds. The molecular weight excluding hydrogens is 342 g/mol. The third-order valence-corrected chi connectivity index (χ3v) is 5.90. The molecule has 0 N–H and O–H groups in total. The predicted molar refractivity (Wildman–Crippen MR) is 108 cm³/mol. The largest absolute Gasteiger partial charge is 0.354 e. The smallest absolute Gasteiger partial charge is 0.172 e. The number of hydrogen-bond acceptors (Lipinski definition) is 5. The number of thiophene rings is 1. The van der Waals surface area contributed by atoms with E-state index in [0.717, 1.165) is 49.8 Å². The second-order valence-corrected chi connectivity index (χ2v) is 7.67. The second-order valence-electron chi connectivity index (χ2n) is 6.72. The van der Waals surface area contributed by atoms with Gasteiger partial charge in [0, 0.05) is 44.2 Å². The van der Waals surface area contributed by atoms with E-state index in [0.29, 0.717) is 6.42 Å². The molecule has 1 aliphatic heterocycles. The molecule has 1 aliphatic rings. The summed E-state index contributed by atoms with van der Waals surface area (Å²) < 4.78 is 0. The van der Waals surface area contributed by atoms with Crippen LogP contribution in [0.2, 0.25) is 0 Å². The molecule has 134 valence electrons. The summed E-state index contributed by atoms with van der Waals surface area (Å²) >= 11 is 1.54. The highest BCUT2D eigenvalue weighted by atomic mass is 32.1. The van der Waals surface area contributed by atoms with Gasteiger partial charge >= 0.3 is 0 Å². The molecule has 0 unspecified atom stereocenters. The van der Waals surface area contributed by atoms with E-state index in [1.807, 2.05) is 29.8 Å². The Morgan fingerprint density at radius 2 is 1.85 bits per heavy atom. The van der Waals surface area contributed by atoms with Gasteiger partial charge in [0.15, 0.2) is 5.78 Å². The van der Waals surface area contributed by atoms with Gasteiger partial charge in [-0.05, 0) is 35.9 Å². The number of pyridine rings is 1. The lowest BCUT2D eigenvalue weighted by Gasteiger charge is -2.35. The molecule has 0 atom stereocenters. The van der Waals surface area contributed by atoms with Gasteiger partial charge < -0.3 is 4.90 Å². The van der Waals surface area contributed by atoms with E-state index in [1.165, 1.54) is 22.1 Å². The molecule has 0 spiro atoms. The molecule has 4 nitrogen and oxygen atoms in total. The van der Waals surface area contributed by atoms with Crippen LogP contribution in [0.15, 0.2) is 54.0 Å². The third-order valence-electron chi connectivity index (χ3n) is 4.99. The van der Waals surface area contributed by atoms with E-state index in [9.17, 15) is 4.79 Å². The monoisotopic (exact) mass is 365 g/mol. The Labute approximate surface area is 158 Å². The van der Waals surface area contributed by atoms with Crippen molar-refractivity contribution in [1.29, 1.82) is 0 Å². The van der Waals surface area contributed by atoms with Gasteiger partial charge in [-0.25, -0.2) is 4.98 Å². The summed E-state index contributed by atoms with van der Waals surface area (Å²) in [6.07, 6.45) is 3.55. The number of ketones is 1. The van der Waals surface area contributed by atoms with Gasteiger partial charge in [-0.15, -0.1) is 11.3 Å². The lowest BCUT2D eigenvalue weighted by molar-refractivity contribution is 0.0978. The van der Waals surface area contributed by atoms with Crippen LogP contribution in [0.1, 0.15) is 22.5 Å². The van der Waals surface area contributed by atoms with Gasteiger partial charge in [-0.3, -0.25) is 9.69 Å². The fourth-order valence-corrected chi connectivity index (χ4v) is 4.16. The number of fused-ring (bicyclic) bond motifs is 1. The molecule has 2 aromatic heterocycles. The number of Topliss-reactive ketones (excluding diaryl/α,β-unsaturated/α-hetero) is 1. The topological polar surface area (TPSA) is 36.4 Å². The Hall–Kier alpha value is -2.24. The molecule has 1 fully saturated rings. The quantitative estimate of drug-likeness (QED) is 0.617. The number of anilines is 1. The van der Waals surface area contributed by atoms with Gasteiger partial charge in [0.05, 0.1) is 4.88 Å². The van der Waals surface area contributed by atoms with Crippen molar-refractivity contribution in [3.8, 4) is 0 Å². The number of piperazine rings is 1. The summed E-state index contributed by atoms with van der Waals surface area (Å²) in [7, 11) is 0. The Bertz CT molecular complexity index is 870. The lowest BCUT2D eigenvalue weighted by atomic mass is 10.1. The summed E-state index contributed by atoms with van der Waals surface area (Å²) in [6.45, 7) is 5.04. The SMILES string of the molecule is O=C(CCCN1CCN(c2cc3ccccc3cn2)CC1)c1cccs1. The first-order valence-electron chi connectivity index (χ1n) is 9.18. The average Bonchev–Trinajstić information content (AvgIpc) is 3.23. The van der Waals surface area contributed by atoms with E-state index in [4.69, 9.17) is 0 Å². The van der Waals surface area contributed by atoms with Gasteiger partial charge in [-0.1, -0.05) is 30.3 Å². The highest BCUT2D eigenvalue weighted by molar-refractivity contribution is 7.12. The molecule has 0 bridgehead atoms. The van der Waals surface area contributed by atoms with Crippen molar-refractivity contribution in [3.63, 3.8) is 0 Å². The maximum Gasteiger partial charge on any atom is 0.172 e. The number of benzene rings is 1. The minimum Gasteiger partial charge on any atom is -0.354 e. The molecule has 3 aromatic rings. The first-order valence-corrected chi connectivity index (χ1v) is 10.1. The van der Waals surface area contributed by atoms with E-state index in [2.05, 4.69) is 39.0 Å². The minimum atomic E-state index is 0.277. The minimum absolute atomic E-state index is 0.277. The zero-order valence-electron chi connectivity index (χ0n) is 14.8. The van der Waals surface area contributed by atoms with Crippen LogP contribution in [0.5, 0.6) is 0 Å². The zero-order chi connectivity index (χ0) is 17.8. The molecule has 1 saturated heterocycles. The maximum atomic E-state index is 12.1. The molecule has 3 heterocycles. The number of rotatable bonds is 6. The third kappa shape index (κ3) is 3.94. The fraction of sp³-hybridized carbons (Fsp3) is 0.333. The highest BCUT2D eigenvalue weighted by Crippen LogP contribution is 2.20.